The van der Waals surface area contributed by atoms with Crippen LogP contribution in [0.2, 0.25) is 0 Å². The minimum atomic E-state index is -0.149. The Kier molecular flexibility index (Phi) is 5.74. The third-order valence-corrected chi connectivity index (χ3v) is 2.44. The molecule has 0 saturated carbocycles. The van der Waals surface area contributed by atoms with E-state index in [1.807, 2.05) is 5.40 Å². The molecule has 2 nitrogen and oxygen atoms in total. The Balaban J connectivity index is 3.75. The number of thiocyanates is 1. The number of Topliss-reactive ketones (excluding diaryl/α,β-unsaturated/α-hetero) is 1. The van der Waals surface area contributed by atoms with E-state index in [0.29, 0.717) is 0 Å². The molecule has 0 amide bonds. The maximum atomic E-state index is 10.7. The maximum Gasteiger partial charge on any atom is 0.143 e. The molecule has 0 saturated heterocycles. The van der Waals surface area contributed by atoms with Gasteiger partial charge in [0, 0.05) is 5.33 Å². The van der Waals surface area contributed by atoms with E-state index in [-0.39, 0.29) is 11.0 Å². The van der Waals surface area contributed by atoms with Gasteiger partial charge in [-0.1, -0.05) is 15.9 Å². The van der Waals surface area contributed by atoms with Gasteiger partial charge >= 0.3 is 0 Å². The Morgan fingerprint density at radius 3 is 2.80 bits per heavy atom. The number of carbonyl (C=O) groups excluding carboxylic acids is 1. The zero-order valence-electron chi connectivity index (χ0n) is 5.63. The molecule has 0 aliphatic carbocycles. The molecule has 0 N–H and O–H groups in total. The van der Waals surface area contributed by atoms with E-state index in [9.17, 15) is 4.79 Å². The SMILES string of the molecule is CC(=O)C(CCBr)SC#N. The smallest absolute Gasteiger partial charge is 0.143 e. The number of nitrogens with zero attached hydrogens (tertiary/aromatic N) is 1. The van der Waals surface area contributed by atoms with Crippen molar-refractivity contribution >= 4 is 33.5 Å². The Morgan fingerprint density at radius 1 is 1.90 bits per heavy atom. The second-order valence-electron chi connectivity index (χ2n) is 1.79. The fraction of sp³-hybridized carbons (Fsp3) is 0.667. The minimum absolute atomic E-state index is 0.0750. The molecule has 0 aromatic carbocycles. The summed E-state index contributed by atoms with van der Waals surface area (Å²) in [5.74, 6) is 0.0750. The summed E-state index contributed by atoms with van der Waals surface area (Å²) in [6, 6.07) is 0. The van der Waals surface area contributed by atoms with Gasteiger partial charge in [0.25, 0.3) is 0 Å². The molecule has 0 bridgehead atoms. The van der Waals surface area contributed by atoms with Crippen LogP contribution in [0, 0.1) is 10.7 Å². The van der Waals surface area contributed by atoms with Crippen LogP contribution in [-0.2, 0) is 4.79 Å². The molecule has 0 aliphatic heterocycles. The molecule has 0 radical (unpaired) electrons. The quantitative estimate of drug-likeness (QED) is 0.539. The van der Waals surface area contributed by atoms with Crippen molar-refractivity contribution in [2.75, 3.05) is 5.33 Å². The van der Waals surface area contributed by atoms with Gasteiger partial charge in [-0.2, -0.15) is 5.26 Å². The van der Waals surface area contributed by atoms with Gasteiger partial charge in [-0.3, -0.25) is 4.79 Å². The van der Waals surface area contributed by atoms with Crippen molar-refractivity contribution in [2.45, 2.75) is 18.6 Å². The van der Waals surface area contributed by atoms with Crippen molar-refractivity contribution in [3.8, 4) is 5.40 Å². The number of hydrogen-bond donors (Lipinski definition) is 0. The van der Waals surface area contributed by atoms with Crippen LogP contribution in [0.25, 0.3) is 0 Å². The van der Waals surface area contributed by atoms with Crippen LogP contribution >= 0.6 is 27.7 Å². The van der Waals surface area contributed by atoms with Gasteiger partial charge in [-0.15, -0.1) is 0 Å². The van der Waals surface area contributed by atoms with Crippen molar-refractivity contribution < 1.29 is 4.79 Å². The van der Waals surface area contributed by atoms with Crippen molar-refractivity contribution in [3.63, 3.8) is 0 Å². The average molecular weight is 222 g/mol. The molecule has 56 valence electrons. The minimum Gasteiger partial charge on any atom is -0.299 e. The van der Waals surface area contributed by atoms with Crippen LogP contribution in [0.5, 0.6) is 0 Å². The highest BCUT2D eigenvalue weighted by atomic mass is 79.9. The number of nitriles is 1. The second kappa shape index (κ2) is 5.75. The summed E-state index contributed by atoms with van der Waals surface area (Å²) in [4.78, 5) is 10.7. The molecule has 0 aliphatic rings. The first kappa shape index (κ1) is 9.99. The molecule has 1 unspecified atom stereocenters. The number of hydrogen-bond acceptors (Lipinski definition) is 3. The topological polar surface area (TPSA) is 40.9 Å². The van der Waals surface area contributed by atoms with E-state index >= 15 is 0 Å². The Morgan fingerprint density at radius 2 is 2.50 bits per heavy atom. The number of carbonyl (C=O) groups is 1. The van der Waals surface area contributed by atoms with Crippen molar-refractivity contribution in [3.05, 3.63) is 0 Å². The lowest BCUT2D eigenvalue weighted by molar-refractivity contribution is -0.116. The zero-order valence-corrected chi connectivity index (χ0v) is 8.04. The molecule has 0 fully saturated rings. The first-order valence-electron chi connectivity index (χ1n) is 2.83. The summed E-state index contributed by atoms with van der Waals surface area (Å²) in [6.45, 7) is 1.51. The number of thioether (sulfide) groups is 1. The number of alkyl halides is 1. The average Bonchev–Trinajstić information content (AvgIpc) is 1.87. The number of ketones is 1. The van der Waals surface area contributed by atoms with Gasteiger partial charge in [0.05, 0.1) is 5.25 Å². The highest BCUT2D eigenvalue weighted by Gasteiger charge is 2.12. The van der Waals surface area contributed by atoms with Crippen LogP contribution in [0.4, 0.5) is 0 Å². The van der Waals surface area contributed by atoms with E-state index in [0.717, 1.165) is 23.5 Å². The van der Waals surface area contributed by atoms with Gasteiger partial charge < -0.3 is 0 Å². The monoisotopic (exact) mass is 221 g/mol. The molecule has 0 rings (SSSR count). The maximum absolute atomic E-state index is 10.7. The van der Waals surface area contributed by atoms with Crippen LogP contribution in [-0.4, -0.2) is 16.4 Å². The van der Waals surface area contributed by atoms with Gasteiger partial charge in [-0.25, -0.2) is 0 Å². The first-order valence-corrected chi connectivity index (χ1v) is 4.83. The highest BCUT2D eigenvalue weighted by molar-refractivity contribution is 9.09. The van der Waals surface area contributed by atoms with Crippen LogP contribution < -0.4 is 0 Å². The van der Waals surface area contributed by atoms with Crippen molar-refractivity contribution in [1.82, 2.24) is 0 Å². The summed E-state index contributed by atoms with van der Waals surface area (Å²) < 4.78 is 0. The molecule has 0 spiro atoms. The largest absolute Gasteiger partial charge is 0.299 e. The predicted octanol–water partition coefficient (Wildman–Crippen LogP) is 1.94. The van der Waals surface area contributed by atoms with Gasteiger partial charge in [0.15, 0.2) is 0 Å². The fourth-order valence-electron chi connectivity index (χ4n) is 0.508. The van der Waals surface area contributed by atoms with Crippen molar-refractivity contribution in [1.29, 1.82) is 5.26 Å². The Hall–Kier alpha value is -0.0100. The summed E-state index contributed by atoms with van der Waals surface area (Å²) in [6.07, 6.45) is 0.730. The summed E-state index contributed by atoms with van der Waals surface area (Å²) in [5.41, 5.74) is 0. The third-order valence-electron chi connectivity index (χ3n) is 1.02. The summed E-state index contributed by atoms with van der Waals surface area (Å²) in [5, 5.41) is 10.8. The lowest BCUT2D eigenvalue weighted by Gasteiger charge is -2.04. The van der Waals surface area contributed by atoms with E-state index in [2.05, 4.69) is 15.9 Å². The van der Waals surface area contributed by atoms with E-state index in [4.69, 9.17) is 5.26 Å². The van der Waals surface area contributed by atoms with E-state index < -0.39 is 0 Å². The molecule has 0 heterocycles. The second-order valence-corrected chi connectivity index (χ2v) is 3.57. The molecule has 10 heavy (non-hydrogen) atoms. The molecular weight excluding hydrogens is 214 g/mol. The lowest BCUT2D eigenvalue weighted by Crippen LogP contribution is -2.12. The molecular formula is C6H8BrNOS. The summed E-state index contributed by atoms with van der Waals surface area (Å²) >= 11 is 4.25. The molecule has 0 aromatic heterocycles. The van der Waals surface area contributed by atoms with E-state index in [1.165, 1.54) is 6.92 Å². The van der Waals surface area contributed by atoms with Crippen LogP contribution in [0.1, 0.15) is 13.3 Å². The normalized spacial score (nSPS) is 12.1. The molecule has 0 aromatic rings. The van der Waals surface area contributed by atoms with Crippen LogP contribution in [0.3, 0.4) is 0 Å². The molecule has 4 heteroatoms. The first-order chi connectivity index (χ1) is 4.72. The van der Waals surface area contributed by atoms with Gasteiger partial charge in [-0.05, 0) is 25.1 Å². The fourth-order valence-corrected chi connectivity index (χ4v) is 1.80. The number of rotatable bonds is 4. The predicted molar refractivity (Wildman–Crippen MR) is 46.1 cm³/mol. The van der Waals surface area contributed by atoms with Gasteiger partial charge in [0.2, 0.25) is 0 Å². The zero-order chi connectivity index (χ0) is 7.98. The Labute approximate surface area is 73.1 Å². The van der Waals surface area contributed by atoms with Gasteiger partial charge in [0.1, 0.15) is 11.2 Å². The Bertz CT molecular complexity index is 154. The lowest BCUT2D eigenvalue weighted by atomic mass is 10.2. The molecule has 1 atom stereocenters. The van der Waals surface area contributed by atoms with Crippen molar-refractivity contribution in [2.24, 2.45) is 0 Å². The summed E-state index contributed by atoms with van der Waals surface area (Å²) in [7, 11) is 0. The highest BCUT2D eigenvalue weighted by Crippen LogP contribution is 2.14. The van der Waals surface area contributed by atoms with E-state index in [1.54, 1.807) is 0 Å². The number of halogens is 1. The van der Waals surface area contributed by atoms with Crippen LogP contribution in [0.15, 0.2) is 0 Å². The third kappa shape index (κ3) is 3.91. The standard InChI is InChI=1S/C6H8BrNOS/c1-5(9)6(2-3-7)10-4-8/h6H,2-3H2,1H3.